The molecule has 0 spiro atoms. The minimum Gasteiger partial charge on any atom is -0.352 e. The van der Waals surface area contributed by atoms with Crippen molar-refractivity contribution in [3.05, 3.63) is 60.1 Å². The molecular formula is C24H26F3N5O. The molecule has 2 saturated heterocycles. The Hall–Kier alpha value is -2.94. The second kappa shape index (κ2) is 8.78. The Bertz CT molecular complexity index is 1030. The highest BCUT2D eigenvalue weighted by Crippen LogP contribution is 2.33. The number of nitrogens with zero attached hydrogens (tertiary/aromatic N) is 5. The van der Waals surface area contributed by atoms with Crippen LogP contribution in [0.2, 0.25) is 0 Å². The zero-order valence-electron chi connectivity index (χ0n) is 18.2. The molecule has 5 rings (SSSR count). The van der Waals surface area contributed by atoms with E-state index >= 15 is 0 Å². The third-order valence-electron chi connectivity index (χ3n) is 6.95. The van der Waals surface area contributed by atoms with E-state index in [1.807, 2.05) is 11.0 Å². The average Bonchev–Trinajstić information content (AvgIpc) is 3.05. The maximum atomic E-state index is 13.0. The molecule has 3 aliphatic rings. The molecule has 0 N–H and O–H groups in total. The first-order chi connectivity index (χ1) is 15.9. The zero-order chi connectivity index (χ0) is 23.0. The predicted molar refractivity (Wildman–Crippen MR) is 118 cm³/mol. The highest BCUT2D eigenvalue weighted by molar-refractivity contribution is 5.80. The number of piperazine rings is 1. The standard InChI is InChI=1S/C24H26F3N5O/c25-24(26,27)19-3-1-2-18(12-19)17-6-10-30(11-7-17)23(33)16-32-20-4-5-21(32)15-31(14-20)22-13-28-8-9-29-22/h1-3,6,8-9,12-13,20-21H,4-5,7,10-11,14-16H2/t20-,21+. The summed E-state index contributed by atoms with van der Waals surface area (Å²) in [5, 5.41) is 0. The van der Waals surface area contributed by atoms with Crippen LogP contribution in [0.25, 0.3) is 5.57 Å². The third-order valence-corrected chi connectivity index (χ3v) is 6.95. The fourth-order valence-corrected chi connectivity index (χ4v) is 5.20. The molecule has 2 fully saturated rings. The summed E-state index contributed by atoms with van der Waals surface area (Å²) in [6.07, 6.45) is 5.36. The summed E-state index contributed by atoms with van der Waals surface area (Å²) in [7, 11) is 0. The molecule has 0 saturated carbocycles. The normalized spacial score (nSPS) is 23.5. The molecule has 2 atom stereocenters. The lowest BCUT2D eigenvalue weighted by Crippen LogP contribution is -2.56. The molecule has 4 heterocycles. The fourth-order valence-electron chi connectivity index (χ4n) is 5.20. The summed E-state index contributed by atoms with van der Waals surface area (Å²) in [6, 6.07) is 6.05. The molecule has 33 heavy (non-hydrogen) atoms. The SMILES string of the molecule is O=C(CN1[C@@H]2CC[C@H]1CN(c1cnccn1)C2)N1CC=C(c2cccc(C(F)(F)F)c2)CC1. The van der Waals surface area contributed by atoms with Gasteiger partial charge in [-0.2, -0.15) is 13.2 Å². The molecule has 2 aromatic rings. The Morgan fingerprint density at radius 1 is 1.12 bits per heavy atom. The van der Waals surface area contributed by atoms with Gasteiger partial charge in [0.25, 0.3) is 0 Å². The maximum Gasteiger partial charge on any atom is 0.416 e. The number of carbonyl (C=O) groups excluding carboxylic acids is 1. The number of benzene rings is 1. The van der Waals surface area contributed by atoms with E-state index in [0.29, 0.717) is 43.7 Å². The Balaban J connectivity index is 1.20. The third kappa shape index (κ3) is 4.59. The molecule has 6 nitrogen and oxygen atoms in total. The van der Waals surface area contributed by atoms with Crippen LogP contribution in [0.1, 0.15) is 30.4 Å². The van der Waals surface area contributed by atoms with Crippen LogP contribution in [0, 0.1) is 0 Å². The molecule has 174 valence electrons. The largest absolute Gasteiger partial charge is 0.416 e. The van der Waals surface area contributed by atoms with Crippen molar-refractivity contribution < 1.29 is 18.0 Å². The number of alkyl halides is 3. The monoisotopic (exact) mass is 457 g/mol. The van der Waals surface area contributed by atoms with Crippen LogP contribution in [0.3, 0.4) is 0 Å². The molecule has 0 unspecified atom stereocenters. The van der Waals surface area contributed by atoms with Crippen LogP contribution in [0.15, 0.2) is 48.9 Å². The minimum atomic E-state index is -4.36. The molecule has 0 radical (unpaired) electrons. The van der Waals surface area contributed by atoms with Gasteiger partial charge < -0.3 is 9.80 Å². The van der Waals surface area contributed by atoms with Crippen LogP contribution < -0.4 is 4.90 Å². The van der Waals surface area contributed by atoms with Gasteiger partial charge in [-0.1, -0.05) is 18.2 Å². The van der Waals surface area contributed by atoms with Gasteiger partial charge in [-0.15, -0.1) is 0 Å². The van der Waals surface area contributed by atoms with Crippen LogP contribution in [0.4, 0.5) is 19.0 Å². The smallest absolute Gasteiger partial charge is 0.352 e. The number of hydrogen-bond donors (Lipinski definition) is 0. The van der Waals surface area contributed by atoms with Crippen molar-refractivity contribution in [2.75, 3.05) is 37.6 Å². The molecule has 1 amide bonds. The van der Waals surface area contributed by atoms with Gasteiger partial charge in [-0.25, -0.2) is 4.98 Å². The number of carbonyl (C=O) groups is 1. The lowest BCUT2D eigenvalue weighted by atomic mass is 9.97. The van der Waals surface area contributed by atoms with Crippen molar-refractivity contribution in [3.63, 3.8) is 0 Å². The Morgan fingerprint density at radius 2 is 1.91 bits per heavy atom. The summed E-state index contributed by atoms with van der Waals surface area (Å²) in [5.41, 5.74) is 0.799. The number of amides is 1. The number of hydrogen-bond acceptors (Lipinski definition) is 5. The first-order valence-electron chi connectivity index (χ1n) is 11.3. The molecular weight excluding hydrogens is 431 g/mol. The van der Waals surface area contributed by atoms with Crippen molar-refractivity contribution in [1.29, 1.82) is 0 Å². The summed E-state index contributed by atoms with van der Waals surface area (Å²) in [5.74, 6) is 0.961. The van der Waals surface area contributed by atoms with Crippen LogP contribution in [0.5, 0.6) is 0 Å². The van der Waals surface area contributed by atoms with E-state index in [1.165, 1.54) is 12.1 Å². The maximum absolute atomic E-state index is 13.0. The molecule has 0 aliphatic carbocycles. The fraction of sp³-hybridized carbons (Fsp3) is 0.458. The van der Waals surface area contributed by atoms with Gasteiger partial charge in [0.05, 0.1) is 18.3 Å². The van der Waals surface area contributed by atoms with E-state index in [1.54, 1.807) is 24.7 Å². The summed E-state index contributed by atoms with van der Waals surface area (Å²) in [4.78, 5) is 28.0. The lowest BCUT2D eigenvalue weighted by Gasteiger charge is -2.41. The second-order valence-electron chi connectivity index (χ2n) is 8.92. The molecule has 9 heteroatoms. The summed E-state index contributed by atoms with van der Waals surface area (Å²) in [6.45, 7) is 3.01. The van der Waals surface area contributed by atoms with Crippen molar-refractivity contribution in [3.8, 4) is 0 Å². The van der Waals surface area contributed by atoms with Gasteiger partial charge in [0, 0.05) is 50.7 Å². The summed E-state index contributed by atoms with van der Waals surface area (Å²) < 4.78 is 39.1. The van der Waals surface area contributed by atoms with Gasteiger partial charge in [-0.05, 0) is 42.5 Å². The Labute approximate surface area is 190 Å². The molecule has 2 bridgehead atoms. The topological polar surface area (TPSA) is 52.6 Å². The minimum absolute atomic E-state index is 0.0826. The molecule has 3 aliphatic heterocycles. The van der Waals surface area contributed by atoms with E-state index in [-0.39, 0.29) is 5.91 Å². The van der Waals surface area contributed by atoms with Gasteiger partial charge >= 0.3 is 6.18 Å². The first-order valence-corrected chi connectivity index (χ1v) is 11.3. The van der Waals surface area contributed by atoms with E-state index in [4.69, 9.17) is 0 Å². The Kier molecular flexibility index (Phi) is 5.82. The summed E-state index contributed by atoms with van der Waals surface area (Å²) >= 11 is 0. The van der Waals surface area contributed by atoms with Crippen molar-refractivity contribution >= 4 is 17.3 Å². The predicted octanol–water partition coefficient (Wildman–Crippen LogP) is 3.46. The van der Waals surface area contributed by atoms with E-state index in [0.717, 1.165) is 43.4 Å². The van der Waals surface area contributed by atoms with E-state index in [2.05, 4.69) is 19.8 Å². The first kappa shape index (κ1) is 21.9. The van der Waals surface area contributed by atoms with Gasteiger partial charge in [0.1, 0.15) is 5.82 Å². The molecule has 1 aromatic carbocycles. The highest BCUT2D eigenvalue weighted by Gasteiger charge is 2.41. The van der Waals surface area contributed by atoms with Crippen LogP contribution >= 0.6 is 0 Å². The van der Waals surface area contributed by atoms with Gasteiger partial charge in [-0.3, -0.25) is 14.7 Å². The quantitative estimate of drug-likeness (QED) is 0.704. The number of anilines is 1. The molecule has 1 aromatic heterocycles. The van der Waals surface area contributed by atoms with E-state index < -0.39 is 11.7 Å². The van der Waals surface area contributed by atoms with Crippen molar-refractivity contribution in [2.24, 2.45) is 0 Å². The Morgan fingerprint density at radius 3 is 2.55 bits per heavy atom. The van der Waals surface area contributed by atoms with E-state index in [9.17, 15) is 18.0 Å². The number of fused-ring (bicyclic) bond motifs is 2. The van der Waals surface area contributed by atoms with Crippen LogP contribution in [-0.2, 0) is 11.0 Å². The van der Waals surface area contributed by atoms with Crippen molar-refractivity contribution in [2.45, 2.75) is 37.5 Å². The number of halogens is 3. The number of aromatic nitrogens is 2. The van der Waals surface area contributed by atoms with Gasteiger partial charge in [0.2, 0.25) is 5.91 Å². The average molecular weight is 458 g/mol. The zero-order valence-corrected chi connectivity index (χ0v) is 18.2. The second-order valence-corrected chi connectivity index (χ2v) is 8.92. The van der Waals surface area contributed by atoms with Gasteiger partial charge in [0.15, 0.2) is 0 Å². The van der Waals surface area contributed by atoms with Crippen molar-refractivity contribution in [1.82, 2.24) is 19.8 Å². The lowest BCUT2D eigenvalue weighted by molar-refractivity contribution is -0.137. The highest BCUT2D eigenvalue weighted by atomic mass is 19.4. The van der Waals surface area contributed by atoms with Crippen LogP contribution in [-0.4, -0.2) is 70.5 Å². The number of rotatable bonds is 4.